The summed E-state index contributed by atoms with van der Waals surface area (Å²) < 4.78 is 33.6. The number of rotatable bonds is 5. The van der Waals surface area contributed by atoms with E-state index in [0.29, 0.717) is 16.4 Å². The van der Waals surface area contributed by atoms with Gasteiger partial charge in [0, 0.05) is 42.6 Å². The van der Waals surface area contributed by atoms with E-state index in [1.165, 1.54) is 31.5 Å². The molecule has 2 aromatic carbocycles. The monoisotopic (exact) mass is 583 g/mol. The molecule has 0 saturated carbocycles. The van der Waals surface area contributed by atoms with Gasteiger partial charge in [0.05, 0.1) is 16.4 Å². The molecule has 1 unspecified atom stereocenters. The van der Waals surface area contributed by atoms with Gasteiger partial charge >= 0.3 is 5.97 Å². The predicted octanol–water partition coefficient (Wildman–Crippen LogP) is 3.70. The van der Waals surface area contributed by atoms with Crippen molar-refractivity contribution in [3.05, 3.63) is 62.8 Å². The number of thiophene rings is 1. The lowest BCUT2D eigenvalue weighted by molar-refractivity contribution is -0.149. The lowest BCUT2D eigenvalue weighted by Gasteiger charge is -2.39. The van der Waals surface area contributed by atoms with Crippen LogP contribution in [0.15, 0.2) is 47.4 Å². The molecule has 198 valence electrons. The highest BCUT2D eigenvalue weighted by Crippen LogP contribution is 2.30. The third-order valence-corrected chi connectivity index (χ3v) is 9.85. The zero-order valence-electron chi connectivity index (χ0n) is 20.1. The largest absolute Gasteiger partial charge is 0.464 e. The van der Waals surface area contributed by atoms with Gasteiger partial charge < -0.3 is 15.0 Å². The smallest absolute Gasteiger partial charge is 0.330 e. The van der Waals surface area contributed by atoms with Gasteiger partial charge in [0.1, 0.15) is 6.04 Å². The van der Waals surface area contributed by atoms with Crippen molar-refractivity contribution in [1.29, 1.82) is 0 Å². The average Bonchev–Trinajstić information content (AvgIpc) is 3.32. The van der Waals surface area contributed by atoms with Crippen molar-refractivity contribution in [2.75, 3.05) is 32.8 Å². The normalized spacial score (nSPS) is 18.2. The lowest BCUT2D eigenvalue weighted by Crippen LogP contribution is -2.59. The second kappa shape index (κ2) is 11.3. The Kier molecular flexibility index (Phi) is 8.47. The summed E-state index contributed by atoms with van der Waals surface area (Å²) in [5.74, 6) is -0.881. The van der Waals surface area contributed by atoms with Crippen LogP contribution in [-0.2, 0) is 32.5 Å². The first kappa shape index (κ1) is 27.8. The molecule has 1 fully saturated rings. The van der Waals surface area contributed by atoms with Crippen LogP contribution in [0.3, 0.4) is 0 Å². The minimum absolute atomic E-state index is 0. The van der Waals surface area contributed by atoms with Gasteiger partial charge in [-0.05, 0) is 60.0 Å². The standard InChI is InChI=1S/C25H26ClN3O5S2.ClH/c1-2-34-25(31)21-15-28(36(32,33)20-6-4-16-11-19(26)5-3-17(16)12-20)9-10-29(21)24(30)23-13-18-14-27-8-7-22(18)35-23;/h3-6,11-13,21,27H,2,7-10,14-15H2,1H3;1H. The molecule has 5 rings (SSSR count). The first-order valence-corrected chi connectivity index (χ1v) is 14.4. The SMILES string of the molecule is CCOC(=O)C1CN(S(=O)(=O)c2ccc3cc(Cl)ccc3c2)CCN1C(=O)c1cc2c(s1)CCNC2.Cl. The van der Waals surface area contributed by atoms with E-state index < -0.39 is 22.0 Å². The van der Waals surface area contributed by atoms with E-state index in [4.69, 9.17) is 16.3 Å². The summed E-state index contributed by atoms with van der Waals surface area (Å²) in [6.07, 6.45) is 0.860. The van der Waals surface area contributed by atoms with Crippen molar-refractivity contribution in [2.24, 2.45) is 0 Å². The quantitative estimate of drug-likeness (QED) is 0.460. The molecular formula is C25H27Cl2N3O5S2. The van der Waals surface area contributed by atoms with Gasteiger partial charge in [0.2, 0.25) is 10.0 Å². The van der Waals surface area contributed by atoms with Crippen molar-refractivity contribution >= 4 is 68.0 Å². The summed E-state index contributed by atoms with van der Waals surface area (Å²) in [7, 11) is -3.91. The number of carbonyl (C=O) groups excluding carboxylic acids is 2. The molecule has 8 nitrogen and oxygen atoms in total. The fourth-order valence-electron chi connectivity index (χ4n) is 4.66. The van der Waals surface area contributed by atoms with Gasteiger partial charge in [-0.3, -0.25) is 4.79 Å². The van der Waals surface area contributed by atoms with E-state index in [0.717, 1.165) is 29.3 Å². The number of hydrogen-bond donors (Lipinski definition) is 1. The number of fused-ring (bicyclic) bond motifs is 2. The summed E-state index contributed by atoms with van der Waals surface area (Å²) in [5.41, 5.74) is 1.10. The Morgan fingerprint density at radius 2 is 1.89 bits per heavy atom. The molecule has 0 spiro atoms. The second-order valence-corrected chi connectivity index (χ2v) is 12.3. The number of sulfonamides is 1. The number of ether oxygens (including phenoxy) is 1. The first-order chi connectivity index (χ1) is 17.3. The van der Waals surface area contributed by atoms with Crippen LogP contribution >= 0.6 is 35.3 Å². The predicted molar refractivity (Wildman–Crippen MR) is 146 cm³/mol. The van der Waals surface area contributed by atoms with Crippen LogP contribution in [0, 0.1) is 0 Å². The molecule has 0 aliphatic carbocycles. The Balaban J connectivity index is 0.00000320. The van der Waals surface area contributed by atoms with Gasteiger partial charge in [0.25, 0.3) is 5.91 Å². The number of amides is 1. The van der Waals surface area contributed by atoms with Crippen LogP contribution in [0.1, 0.15) is 27.0 Å². The Labute approximate surface area is 231 Å². The molecule has 3 heterocycles. The molecule has 1 amide bonds. The van der Waals surface area contributed by atoms with Gasteiger partial charge in [-0.1, -0.05) is 23.7 Å². The number of piperazine rings is 1. The molecular weight excluding hydrogens is 557 g/mol. The highest BCUT2D eigenvalue weighted by atomic mass is 35.5. The molecule has 1 aromatic heterocycles. The minimum atomic E-state index is -3.91. The summed E-state index contributed by atoms with van der Waals surface area (Å²) in [4.78, 5) is 29.7. The van der Waals surface area contributed by atoms with E-state index in [1.54, 1.807) is 37.3 Å². The molecule has 1 saturated heterocycles. The molecule has 2 aliphatic rings. The molecule has 37 heavy (non-hydrogen) atoms. The van der Waals surface area contributed by atoms with Gasteiger partial charge in [-0.25, -0.2) is 13.2 Å². The number of esters is 1. The first-order valence-electron chi connectivity index (χ1n) is 11.8. The highest BCUT2D eigenvalue weighted by Gasteiger charge is 2.41. The van der Waals surface area contributed by atoms with Crippen LogP contribution in [0.4, 0.5) is 0 Å². The average molecular weight is 585 g/mol. The van der Waals surface area contributed by atoms with Crippen molar-refractivity contribution in [1.82, 2.24) is 14.5 Å². The van der Waals surface area contributed by atoms with Crippen LogP contribution in [0.5, 0.6) is 0 Å². The minimum Gasteiger partial charge on any atom is -0.464 e. The van der Waals surface area contributed by atoms with Gasteiger partial charge in [0.15, 0.2) is 0 Å². The Morgan fingerprint density at radius 1 is 1.14 bits per heavy atom. The second-order valence-electron chi connectivity index (χ2n) is 8.77. The Bertz CT molecular complexity index is 1420. The summed E-state index contributed by atoms with van der Waals surface area (Å²) >= 11 is 7.49. The fourth-order valence-corrected chi connectivity index (χ4v) is 7.45. The third kappa shape index (κ3) is 5.50. The Hall–Kier alpha value is -2.21. The highest BCUT2D eigenvalue weighted by molar-refractivity contribution is 7.89. The van der Waals surface area contributed by atoms with Gasteiger partial charge in [-0.15, -0.1) is 23.7 Å². The maximum absolute atomic E-state index is 13.5. The van der Waals surface area contributed by atoms with Crippen LogP contribution in [0.25, 0.3) is 10.8 Å². The van der Waals surface area contributed by atoms with E-state index in [2.05, 4.69) is 5.32 Å². The number of halogens is 2. The molecule has 0 radical (unpaired) electrons. The maximum atomic E-state index is 13.5. The molecule has 1 N–H and O–H groups in total. The number of nitrogens with zero attached hydrogens (tertiary/aromatic N) is 2. The molecule has 0 bridgehead atoms. The van der Waals surface area contributed by atoms with E-state index >= 15 is 0 Å². The van der Waals surface area contributed by atoms with Crippen molar-refractivity contribution in [3.8, 4) is 0 Å². The van der Waals surface area contributed by atoms with E-state index in [-0.39, 0.29) is 49.5 Å². The maximum Gasteiger partial charge on any atom is 0.330 e. The lowest BCUT2D eigenvalue weighted by atomic mass is 10.1. The zero-order valence-corrected chi connectivity index (χ0v) is 23.3. The van der Waals surface area contributed by atoms with Crippen molar-refractivity contribution in [2.45, 2.75) is 30.8 Å². The van der Waals surface area contributed by atoms with Crippen LogP contribution in [0.2, 0.25) is 5.02 Å². The molecule has 3 aromatic rings. The summed E-state index contributed by atoms with van der Waals surface area (Å²) in [6.45, 7) is 3.40. The van der Waals surface area contributed by atoms with E-state index in [1.807, 2.05) is 6.07 Å². The number of benzene rings is 2. The zero-order chi connectivity index (χ0) is 25.4. The van der Waals surface area contributed by atoms with Crippen molar-refractivity contribution in [3.63, 3.8) is 0 Å². The number of hydrogen-bond acceptors (Lipinski definition) is 7. The Morgan fingerprint density at radius 3 is 2.65 bits per heavy atom. The molecule has 12 heteroatoms. The molecule has 2 aliphatic heterocycles. The molecule has 1 atom stereocenters. The summed E-state index contributed by atoms with van der Waals surface area (Å²) in [5, 5.41) is 5.44. The van der Waals surface area contributed by atoms with Crippen molar-refractivity contribution < 1.29 is 22.7 Å². The van der Waals surface area contributed by atoms with Gasteiger partial charge in [-0.2, -0.15) is 4.31 Å². The number of nitrogens with one attached hydrogen (secondary N) is 1. The topological polar surface area (TPSA) is 96.0 Å². The third-order valence-electron chi connectivity index (χ3n) is 6.53. The van der Waals surface area contributed by atoms with Crippen LogP contribution in [-0.4, -0.2) is 68.3 Å². The van der Waals surface area contributed by atoms with Crippen LogP contribution < -0.4 is 5.32 Å². The fraction of sp³-hybridized carbons (Fsp3) is 0.360. The summed E-state index contributed by atoms with van der Waals surface area (Å²) in [6, 6.07) is 10.9. The number of carbonyl (C=O) groups is 2. The van der Waals surface area contributed by atoms with E-state index in [9.17, 15) is 18.0 Å².